The maximum absolute atomic E-state index is 13.2. The van der Waals surface area contributed by atoms with E-state index < -0.39 is 23.7 Å². The number of halogens is 6. The van der Waals surface area contributed by atoms with Crippen molar-refractivity contribution < 1.29 is 31.4 Å². The highest BCUT2D eigenvalue weighted by Crippen LogP contribution is 2.45. The zero-order valence-electron chi connectivity index (χ0n) is 10.4. The maximum Gasteiger partial charge on any atom is 0.455 e. The molecule has 114 valence electrons. The van der Waals surface area contributed by atoms with Gasteiger partial charge < -0.3 is 15.2 Å². The Morgan fingerprint density at radius 2 is 1.45 bits per heavy atom. The Bertz CT molecular complexity index is 467. The standard InChI is InChI=1S/C11H11BrF5NO2/c1-19-6-3-5(4-7(20-2)8(6)12)9(18)10(13,14)11(15,16)17/h3-4,9H,18H2,1-2H3/t9-/m1/s1. The van der Waals surface area contributed by atoms with Crippen molar-refractivity contribution >= 4 is 15.9 Å². The van der Waals surface area contributed by atoms with Crippen LogP contribution in [0.5, 0.6) is 11.5 Å². The van der Waals surface area contributed by atoms with Crippen LogP contribution in [-0.2, 0) is 0 Å². The average molecular weight is 364 g/mol. The number of methoxy groups -OCH3 is 2. The first-order chi connectivity index (χ1) is 9.06. The van der Waals surface area contributed by atoms with Crippen LogP contribution in [0.1, 0.15) is 11.6 Å². The SMILES string of the molecule is COc1cc([C@@H](N)C(F)(F)C(F)(F)F)cc(OC)c1Br. The molecule has 20 heavy (non-hydrogen) atoms. The van der Waals surface area contributed by atoms with Crippen molar-refractivity contribution in [1.29, 1.82) is 0 Å². The number of rotatable bonds is 4. The molecule has 0 aliphatic carbocycles. The summed E-state index contributed by atoms with van der Waals surface area (Å²) in [5, 5.41) is 0. The van der Waals surface area contributed by atoms with Gasteiger partial charge in [-0.15, -0.1) is 0 Å². The van der Waals surface area contributed by atoms with E-state index in [2.05, 4.69) is 15.9 Å². The minimum atomic E-state index is -5.75. The summed E-state index contributed by atoms with van der Waals surface area (Å²) in [6, 6.07) is -0.577. The second-order valence-corrected chi connectivity index (χ2v) is 4.63. The molecule has 0 aromatic heterocycles. The third kappa shape index (κ3) is 2.98. The molecular weight excluding hydrogens is 353 g/mol. The Labute approximate surface area is 120 Å². The number of hydrogen-bond donors (Lipinski definition) is 1. The van der Waals surface area contributed by atoms with Gasteiger partial charge in [0.05, 0.1) is 14.2 Å². The molecule has 0 amide bonds. The number of benzene rings is 1. The molecular formula is C11H11BrF5NO2. The summed E-state index contributed by atoms with van der Waals surface area (Å²) < 4.78 is 73.4. The van der Waals surface area contributed by atoms with Crippen molar-refractivity contribution in [1.82, 2.24) is 0 Å². The van der Waals surface area contributed by atoms with E-state index in [4.69, 9.17) is 15.2 Å². The fraction of sp³-hybridized carbons (Fsp3) is 0.455. The van der Waals surface area contributed by atoms with Crippen molar-refractivity contribution in [2.45, 2.75) is 18.1 Å². The average Bonchev–Trinajstić information content (AvgIpc) is 2.36. The predicted octanol–water partition coefficient (Wildman–Crippen LogP) is 3.66. The molecule has 0 saturated carbocycles. The van der Waals surface area contributed by atoms with E-state index in [-0.39, 0.29) is 16.0 Å². The summed E-state index contributed by atoms with van der Waals surface area (Å²) in [6.07, 6.45) is -5.75. The maximum atomic E-state index is 13.2. The minimum Gasteiger partial charge on any atom is -0.495 e. The van der Waals surface area contributed by atoms with E-state index in [1.807, 2.05) is 0 Å². The Kier molecular flexibility index (Phi) is 4.86. The van der Waals surface area contributed by atoms with Gasteiger partial charge in [0.1, 0.15) is 22.0 Å². The summed E-state index contributed by atoms with van der Waals surface area (Å²) in [5.41, 5.74) is 4.61. The van der Waals surface area contributed by atoms with Crippen molar-refractivity contribution in [3.05, 3.63) is 22.2 Å². The zero-order chi connectivity index (χ0) is 15.7. The largest absolute Gasteiger partial charge is 0.495 e. The molecule has 0 aliphatic rings. The van der Waals surface area contributed by atoms with E-state index in [0.29, 0.717) is 0 Å². The monoisotopic (exact) mass is 363 g/mol. The molecule has 1 aromatic carbocycles. The fourth-order valence-electron chi connectivity index (χ4n) is 1.45. The Morgan fingerprint density at radius 3 is 1.75 bits per heavy atom. The molecule has 1 atom stereocenters. The molecule has 0 aliphatic heterocycles. The van der Waals surface area contributed by atoms with Gasteiger partial charge in [-0.25, -0.2) is 0 Å². The predicted molar refractivity (Wildman–Crippen MR) is 65.2 cm³/mol. The van der Waals surface area contributed by atoms with Crippen LogP contribution in [0.3, 0.4) is 0 Å². The summed E-state index contributed by atoms with van der Waals surface area (Å²) >= 11 is 3.07. The highest BCUT2D eigenvalue weighted by Gasteiger charge is 2.61. The molecule has 0 unspecified atom stereocenters. The summed E-state index contributed by atoms with van der Waals surface area (Å²) in [5.74, 6) is -5.00. The lowest BCUT2D eigenvalue weighted by Crippen LogP contribution is -2.45. The number of nitrogens with two attached hydrogens (primary N) is 1. The van der Waals surface area contributed by atoms with Gasteiger partial charge in [0.2, 0.25) is 0 Å². The fourth-order valence-corrected chi connectivity index (χ4v) is 2.01. The minimum absolute atomic E-state index is 0.0350. The van der Waals surface area contributed by atoms with Gasteiger partial charge in [0.15, 0.2) is 0 Å². The van der Waals surface area contributed by atoms with Crippen LogP contribution in [-0.4, -0.2) is 26.3 Å². The second-order valence-electron chi connectivity index (χ2n) is 3.84. The van der Waals surface area contributed by atoms with Crippen molar-refractivity contribution in [2.24, 2.45) is 5.73 Å². The molecule has 0 bridgehead atoms. The summed E-state index contributed by atoms with van der Waals surface area (Å²) in [4.78, 5) is 0. The van der Waals surface area contributed by atoms with Gasteiger partial charge in [0, 0.05) is 0 Å². The normalized spacial score (nSPS) is 14.1. The Hall–Kier alpha value is -1.09. The first kappa shape index (κ1) is 17.0. The van der Waals surface area contributed by atoms with Gasteiger partial charge in [-0.05, 0) is 33.6 Å². The lowest BCUT2D eigenvalue weighted by molar-refractivity contribution is -0.291. The van der Waals surface area contributed by atoms with Crippen LogP contribution in [0.2, 0.25) is 0 Å². The molecule has 0 heterocycles. The quantitative estimate of drug-likeness (QED) is 0.830. The van der Waals surface area contributed by atoms with Crippen molar-refractivity contribution in [3.8, 4) is 11.5 Å². The second kappa shape index (κ2) is 5.72. The molecule has 0 saturated heterocycles. The van der Waals surface area contributed by atoms with Crippen LogP contribution in [0.25, 0.3) is 0 Å². The number of alkyl halides is 5. The molecule has 1 aromatic rings. The summed E-state index contributed by atoms with van der Waals surface area (Å²) in [6.45, 7) is 0. The molecule has 0 spiro atoms. The Morgan fingerprint density at radius 1 is 1.05 bits per heavy atom. The van der Waals surface area contributed by atoms with E-state index in [1.165, 1.54) is 14.2 Å². The molecule has 9 heteroatoms. The molecule has 1 rings (SSSR count). The van der Waals surface area contributed by atoms with Gasteiger partial charge in [0.25, 0.3) is 0 Å². The lowest BCUT2D eigenvalue weighted by Gasteiger charge is -2.26. The van der Waals surface area contributed by atoms with Gasteiger partial charge >= 0.3 is 12.1 Å². The topological polar surface area (TPSA) is 44.5 Å². The van der Waals surface area contributed by atoms with Crippen LogP contribution < -0.4 is 15.2 Å². The van der Waals surface area contributed by atoms with E-state index in [1.54, 1.807) is 0 Å². The van der Waals surface area contributed by atoms with Crippen molar-refractivity contribution in [2.75, 3.05) is 14.2 Å². The van der Waals surface area contributed by atoms with E-state index in [0.717, 1.165) is 12.1 Å². The third-order valence-electron chi connectivity index (χ3n) is 2.60. The van der Waals surface area contributed by atoms with Crippen LogP contribution in [0.15, 0.2) is 16.6 Å². The van der Waals surface area contributed by atoms with Crippen LogP contribution >= 0.6 is 15.9 Å². The number of hydrogen-bond acceptors (Lipinski definition) is 3. The van der Waals surface area contributed by atoms with Gasteiger partial charge in [-0.2, -0.15) is 22.0 Å². The first-order valence-electron chi connectivity index (χ1n) is 5.17. The summed E-state index contributed by atoms with van der Waals surface area (Å²) in [7, 11) is 2.47. The zero-order valence-corrected chi connectivity index (χ0v) is 12.0. The lowest BCUT2D eigenvalue weighted by atomic mass is 10.0. The first-order valence-corrected chi connectivity index (χ1v) is 5.97. The van der Waals surface area contributed by atoms with Crippen LogP contribution in [0, 0.1) is 0 Å². The van der Waals surface area contributed by atoms with Gasteiger partial charge in [-0.3, -0.25) is 0 Å². The highest BCUT2D eigenvalue weighted by molar-refractivity contribution is 9.10. The van der Waals surface area contributed by atoms with E-state index in [9.17, 15) is 22.0 Å². The smallest absolute Gasteiger partial charge is 0.455 e. The third-order valence-corrected chi connectivity index (χ3v) is 3.38. The molecule has 0 fully saturated rings. The Balaban J connectivity index is 3.33. The number of ether oxygens (including phenoxy) is 2. The van der Waals surface area contributed by atoms with Crippen LogP contribution in [0.4, 0.5) is 22.0 Å². The molecule has 3 nitrogen and oxygen atoms in total. The van der Waals surface area contributed by atoms with Gasteiger partial charge in [-0.1, -0.05) is 0 Å². The highest BCUT2D eigenvalue weighted by atomic mass is 79.9. The van der Waals surface area contributed by atoms with E-state index >= 15 is 0 Å². The van der Waals surface area contributed by atoms with Crippen molar-refractivity contribution in [3.63, 3.8) is 0 Å². The molecule has 2 N–H and O–H groups in total. The molecule has 0 radical (unpaired) electrons.